The van der Waals surface area contributed by atoms with Crippen LogP contribution in [-0.4, -0.2) is 11.0 Å². The van der Waals surface area contributed by atoms with Crippen molar-refractivity contribution in [3.63, 3.8) is 0 Å². The fraction of sp³-hybridized carbons (Fsp3) is 0.400. The van der Waals surface area contributed by atoms with Crippen molar-refractivity contribution in [3.05, 3.63) is 41.3 Å². The maximum atomic E-state index is 5.61. The molecular formula is C15H18N2O. The molecule has 3 nitrogen and oxygen atoms in total. The molecule has 0 saturated heterocycles. The highest BCUT2D eigenvalue weighted by Gasteiger charge is 2.20. The predicted molar refractivity (Wildman–Crippen MR) is 71.3 cm³/mol. The van der Waals surface area contributed by atoms with Gasteiger partial charge in [0.15, 0.2) is 0 Å². The second-order valence-electron chi connectivity index (χ2n) is 5.07. The lowest BCUT2D eigenvalue weighted by molar-refractivity contribution is 0.569. The number of hydrogen-bond acceptors (Lipinski definition) is 3. The van der Waals surface area contributed by atoms with E-state index in [9.17, 15) is 0 Å². The molecule has 0 spiro atoms. The van der Waals surface area contributed by atoms with Crippen LogP contribution in [0.15, 0.2) is 28.9 Å². The Morgan fingerprint density at radius 1 is 1.28 bits per heavy atom. The molecule has 1 aromatic carbocycles. The van der Waals surface area contributed by atoms with E-state index >= 15 is 0 Å². The average molecular weight is 242 g/mol. The van der Waals surface area contributed by atoms with Crippen LogP contribution >= 0.6 is 0 Å². The Morgan fingerprint density at radius 2 is 2.00 bits per heavy atom. The largest absolute Gasteiger partial charge is 0.444 e. The van der Waals surface area contributed by atoms with Gasteiger partial charge in [0.1, 0.15) is 6.26 Å². The van der Waals surface area contributed by atoms with Gasteiger partial charge >= 0.3 is 0 Å². The molecule has 1 saturated carbocycles. The van der Waals surface area contributed by atoms with E-state index in [-0.39, 0.29) is 0 Å². The number of nitrogens with zero attached hydrogens (tertiary/aromatic N) is 1. The van der Waals surface area contributed by atoms with Crippen molar-refractivity contribution in [1.82, 2.24) is 10.3 Å². The lowest BCUT2D eigenvalue weighted by Gasteiger charge is -2.04. The summed E-state index contributed by atoms with van der Waals surface area (Å²) < 4.78 is 5.61. The van der Waals surface area contributed by atoms with Gasteiger partial charge in [0.05, 0.1) is 5.69 Å². The Morgan fingerprint density at radius 3 is 2.67 bits per heavy atom. The van der Waals surface area contributed by atoms with Gasteiger partial charge in [0.2, 0.25) is 5.89 Å². The SMILES string of the molecule is Cc1cccc(C)c1-c1nc(CNC2CC2)co1. The average Bonchev–Trinajstić information content (AvgIpc) is 3.06. The Hall–Kier alpha value is -1.61. The lowest BCUT2D eigenvalue weighted by atomic mass is 10.0. The third kappa shape index (κ3) is 2.31. The molecule has 1 N–H and O–H groups in total. The van der Waals surface area contributed by atoms with Crippen LogP contribution in [0, 0.1) is 13.8 Å². The molecule has 1 aliphatic rings. The van der Waals surface area contributed by atoms with Crippen molar-refractivity contribution in [2.45, 2.75) is 39.3 Å². The van der Waals surface area contributed by atoms with Crippen LogP contribution in [0.5, 0.6) is 0 Å². The Balaban J connectivity index is 1.83. The number of aromatic nitrogens is 1. The molecule has 0 atom stereocenters. The second kappa shape index (κ2) is 4.58. The highest BCUT2D eigenvalue weighted by Crippen LogP contribution is 2.26. The number of hydrogen-bond donors (Lipinski definition) is 1. The summed E-state index contributed by atoms with van der Waals surface area (Å²) in [6, 6.07) is 6.95. The van der Waals surface area contributed by atoms with Gasteiger partial charge in [-0.05, 0) is 37.8 Å². The minimum atomic E-state index is 0.699. The fourth-order valence-electron chi connectivity index (χ4n) is 2.19. The Labute approximate surface area is 107 Å². The van der Waals surface area contributed by atoms with Crippen molar-refractivity contribution >= 4 is 0 Å². The van der Waals surface area contributed by atoms with Crippen LogP contribution < -0.4 is 5.32 Å². The van der Waals surface area contributed by atoms with Crippen LogP contribution in [-0.2, 0) is 6.54 Å². The molecule has 94 valence electrons. The van der Waals surface area contributed by atoms with E-state index in [0.717, 1.165) is 23.7 Å². The highest BCUT2D eigenvalue weighted by atomic mass is 16.3. The Bertz CT molecular complexity index is 535. The van der Waals surface area contributed by atoms with Gasteiger partial charge in [-0.2, -0.15) is 0 Å². The van der Waals surface area contributed by atoms with Crippen LogP contribution in [0.3, 0.4) is 0 Å². The molecule has 2 aromatic rings. The maximum Gasteiger partial charge on any atom is 0.226 e. The number of rotatable bonds is 4. The van der Waals surface area contributed by atoms with E-state index in [4.69, 9.17) is 4.42 Å². The normalized spacial score (nSPS) is 15.0. The first kappa shape index (κ1) is 11.5. The van der Waals surface area contributed by atoms with Gasteiger partial charge in [-0.1, -0.05) is 18.2 Å². The third-order valence-corrected chi connectivity index (χ3v) is 3.40. The first-order valence-electron chi connectivity index (χ1n) is 6.48. The van der Waals surface area contributed by atoms with Gasteiger partial charge < -0.3 is 9.73 Å². The number of nitrogens with one attached hydrogen (secondary N) is 1. The Kier molecular flexibility index (Phi) is 2.92. The highest BCUT2D eigenvalue weighted by molar-refractivity contribution is 5.63. The number of aryl methyl sites for hydroxylation is 2. The topological polar surface area (TPSA) is 38.1 Å². The third-order valence-electron chi connectivity index (χ3n) is 3.40. The van der Waals surface area contributed by atoms with Crippen molar-refractivity contribution in [1.29, 1.82) is 0 Å². The van der Waals surface area contributed by atoms with Crippen molar-refractivity contribution in [2.75, 3.05) is 0 Å². The first-order chi connectivity index (χ1) is 8.74. The lowest BCUT2D eigenvalue weighted by Crippen LogP contribution is -2.15. The zero-order valence-electron chi connectivity index (χ0n) is 10.9. The molecule has 3 heteroatoms. The second-order valence-corrected chi connectivity index (χ2v) is 5.07. The molecule has 0 amide bonds. The predicted octanol–water partition coefficient (Wildman–Crippen LogP) is 3.21. The van der Waals surface area contributed by atoms with Gasteiger partial charge in [-0.3, -0.25) is 0 Å². The summed E-state index contributed by atoms with van der Waals surface area (Å²) >= 11 is 0. The molecule has 1 aliphatic carbocycles. The minimum absolute atomic E-state index is 0.699. The van der Waals surface area contributed by atoms with E-state index in [1.54, 1.807) is 6.26 Å². The molecule has 1 aromatic heterocycles. The molecule has 0 unspecified atom stereocenters. The quantitative estimate of drug-likeness (QED) is 0.894. The van der Waals surface area contributed by atoms with Crippen molar-refractivity contribution in [3.8, 4) is 11.5 Å². The van der Waals surface area contributed by atoms with E-state index in [2.05, 4.69) is 42.3 Å². The maximum absolute atomic E-state index is 5.61. The smallest absolute Gasteiger partial charge is 0.226 e. The minimum Gasteiger partial charge on any atom is -0.444 e. The summed E-state index contributed by atoms with van der Waals surface area (Å²) in [6.07, 6.45) is 4.35. The van der Waals surface area contributed by atoms with Crippen LogP contribution in [0.4, 0.5) is 0 Å². The number of oxazole rings is 1. The standard InChI is InChI=1S/C15H18N2O/c1-10-4-3-5-11(2)14(10)15-17-13(9-18-15)8-16-12-6-7-12/h3-5,9,12,16H,6-8H2,1-2H3. The molecule has 0 aliphatic heterocycles. The zero-order valence-corrected chi connectivity index (χ0v) is 10.9. The van der Waals surface area contributed by atoms with Gasteiger partial charge in [-0.25, -0.2) is 4.98 Å². The molecule has 1 heterocycles. The van der Waals surface area contributed by atoms with E-state index in [1.807, 2.05) is 0 Å². The van der Waals surface area contributed by atoms with Crippen LogP contribution in [0.25, 0.3) is 11.5 Å². The summed E-state index contributed by atoms with van der Waals surface area (Å²) in [5, 5.41) is 3.44. The van der Waals surface area contributed by atoms with Crippen LogP contribution in [0.2, 0.25) is 0 Å². The van der Waals surface area contributed by atoms with Gasteiger partial charge in [-0.15, -0.1) is 0 Å². The zero-order chi connectivity index (χ0) is 12.5. The summed E-state index contributed by atoms with van der Waals surface area (Å²) in [5.41, 5.74) is 4.52. The van der Waals surface area contributed by atoms with E-state index < -0.39 is 0 Å². The summed E-state index contributed by atoms with van der Waals surface area (Å²) in [6.45, 7) is 4.99. The van der Waals surface area contributed by atoms with Gasteiger partial charge in [0, 0.05) is 18.2 Å². The monoisotopic (exact) mass is 242 g/mol. The summed E-state index contributed by atoms with van der Waals surface area (Å²) in [4.78, 5) is 4.57. The van der Waals surface area contributed by atoms with E-state index in [0.29, 0.717) is 6.04 Å². The first-order valence-corrected chi connectivity index (χ1v) is 6.48. The fourth-order valence-corrected chi connectivity index (χ4v) is 2.19. The molecule has 1 fully saturated rings. The summed E-state index contributed by atoms with van der Waals surface area (Å²) in [7, 11) is 0. The molecule has 18 heavy (non-hydrogen) atoms. The van der Waals surface area contributed by atoms with Crippen LogP contribution in [0.1, 0.15) is 29.7 Å². The molecular weight excluding hydrogens is 224 g/mol. The van der Waals surface area contributed by atoms with Gasteiger partial charge in [0.25, 0.3) is 0 Å². The molecule has 0 radical (unpaired) electrons. The van der Waals surface area contributed by atoms with Crippen molar-refractivity contribution < 1.29 is 4.42 Å². The molecule has 3 rings (SSSR count). The van der Waals surface area contributed by atoms with Crippen molar-refractivity contribution in [2.24, 2.45) is 0 Å². The number of benzene rings is 1. The van der Waals surface area contributed by atoms with E-state index in [1.165, 1.54) is 24.0 Å². The molecule has 0 bridgehead atoms. The summed E-state index contributed by atoms with van der Waals surface area (Å²) in [5.74, 6) is 0.734.